The number of carbonyl (C=O) groups excluding carboxylic acids is 1. The summed E-state index contributed by atoms with van der Waals surface area (Å²) in [6.45, 7) is 5.26. The monoisotopic (exact) mass is 164 g/mol. The quantitative estimate of drug-likeness (QED) is 0.396. The smallest absolute Gasteiger partial charge is 0.211 e. The van der Waals surface area contributed by atoms with Gasteiger partial charge in [0.05, 0.1) is 0 Å². The van der Waals surface area contributed by atoms with Crippen LogP contribution in [-0.4, -0.2) is 11.5 Å². The van der Waals surface area contributed by atoms with E-state index in [1.165, 1.54) is 0 Å². The molecule has 1 aliphatic carbocycles. The van der Waals surface area contributed by atoms with E-state index in [-0.39, 0.29) is 11.5 Å². The molecule has 1 aliphatic rings. The molecule has 0 fully saturated rings. The minimum atomic E-state index is -0.248. The Labute approximate surface area is 71.1 Å². The summed E-state index contributed by atoms with van der Waals surface area (Å²) in [5.74, 6) is -0.248. The van der Waals surface area contributed by atoms with Crippen molar-refractivity contribution >= 4 is 11.5 Å². The highest BCUT2D eigenvalue weighted by molar-refractivity contribution is 6.51. The largest absolute Gasteiger partial charge is 0.287 e. The molecule has 0 aliphatic heterocycles. The minimum Gasteiger partial charge on any atom is -0.287 e. The van der Waals surface area contributed by atoms with Crippen LogP contribution in [0.1, 0.15) is 20.8 Å². The second kappa shape index (κ2) is 2.93. The van der Waals surface area contributed by atoms with Crippen molar-refractivity contribution in [2.24, 2.45) is 5.16 Å². The number of allylic oxidation sites excluding steroid dienone is 4. The topological polar surface area (TPSA) is 49.3 Å². The van der Waals surface area contributed by atoms with Crippen molar-refractivity contribution < 1.29 is 10.0 Å². The van der Waals surface area contributed by atoms with Crippen molar-refractivity contribution in [1.82, 2.24) is 0 Å². The molecule has 0 bridgehead atoms. The van der Waals surface area contributed by atoms with Gasteiger partial charge in [-0.25, -0.2) is 0 Å². The fourth-order valence-electron chi connectivity index (χ4n) is 1.15. The van der Waals surface area contributed by atoms with Gasteiger partial charge in [-0.3, -0.25) is 4.79 Å². The average molecular weight is 164 g/mol. The van der Waals surface area contributed by atoms with E-state index in [1.54, 1.807) is 19.9 Å². The molecule has 1 radical (unpaired) electrons. The van der Waals surface area contributed by atoms with Crippen LogP contribution >= 0.6 is 0 Å². The SMILES string of the molecule is CC1=CC(C)=C(C)C(=O)C1=N[O]. The van der Waals surface area contributed by atoms with Crippen LogP contribution in [0.2, 0.25) is 0 Å². The summed E-state index contributed by atoms with van der Waals surface area (Å²) in [7, 11) is 0. The summed E-state index contributed by atoms with van der Waals surface area (Å²) in [5.41, 5.74) is 2.20. The van der Waals surface area contributed by atoms with Gasteiger partial charge in [-0.05, 0) is 37.1 Å². The normalized spacial score (nSPS) is 21.8. The second-order valence-electron chi connectivity index (χ2n) is 2.90. The number of carbonyl (C=O) groups is 1. The average Bonchev–Trinajstić information content (AvgIpc) is 2.01. The summed E-state index contributed by atoms with van der Waals surface area (Å²) in [5, 5.41) is 13.0. The number of Topliss-reactive ketones (excluding diaryl/α,β-unsaturated/α-hetero) is 1. The fourth-order valence-corrected chi connectivity index (χ4v) is 1.15. The van der Waals surface area contributed by atoms with Crippen molar-refractivity contribution in [3.05, 3.63) is 22.8 Å². The van der Waals surface area contributed by atoms with Gasteiger partial charge in [0.2, 0.25) is 5.78 Å². The van der Waals surface area contributed by atoms with Gasteiger partial charge in [0.1, 0.15) is 0 Å². The summed E-state index contributed by atoms with van der Waals surface area (Å²) in [6.07, 6.45) is 1.80. The molecule has 0 atom stereocenters. The molecule has 0 unspecified atom stereocenters. The van der Waals surface area contributed by atoms with Crippen molar-refractivity contribution in [3.63, 3.8) is 0 Å². The maximum atomic E-state index is 11.3. The molecule has 12 heavy (non-hydrogen) atoms. The molecule has 0 spiro atoms. The molecule has 3 heteroatoms. The molecule has 0 N–H and O–H groups in total. The van der Waals surface area contributed by atoms with Crippen LogP contribution in [0.5, 0.6) is 0 Å². The third-order valence-electron chi connectivity index (χ3n) is 2.04. The van der Waals surface area contributed by atoms with Crippen molar-refractivity contribution in [2.75, 3.05) is 0 Å². The van der Waals surface area contributed by atoms with Crippen LogP contribution in [-0.2, 0) is 10.0 Å². The number of hydrogen-bond acceptors (Lipinski definition) is 2. The third-order valence-corrected chi connectivity index (χ3v) is 2.04. The molecule has 0 aromatic carbocycles. The second-order valence-corrected chi connectivity index (χ2v) is 2.90. The van der Waals surface area contributed by atoms with Gasteiger partial charge in [-0.1, -0.05) is 6.08 Å². The van der Waals surface area contributed by atoms with E-state index in [2.05, 4.69) is 5.16 Å². The van der Waals surface area contributed by atoms with E-state index >= 15 is 0 Å². The Morgan fingerprint density at radius 1 is 1.25 bits per heavy atom. The van der Waals surface area contributed by atoms with Gasteiger partial charge in [0.25, 0.3) is 0 Å². The molecule has 1 rings (SSSR count). The molecule has 0 amide bonds. The Kier molecular flexibility index (Phi) is 2.13. The summed E-state index contributed by atoms with van der Waals surface area (Å²) >= 11 is 0. The van der Waals surface area contributed by atoms with Gasteiger partial charge in [-0.2, -0.15) is 0 Å². The summed E-state index contributed by atoms with van der Waals surface area (Å²) in [4.78, 5) is 11.3. The molecule has 0 heterocycles. The lowest BCUT2D eigenvalue weighted by Crippen LogP contribution is -2.20. The maximum absolute atomic E-state index is 11.3. The van der Waals surface area contributed by atoms with Crippen LogP contribution in [0.25, 0.3) is 0 Å². The Balaban J connectivity index is 3.25. The molecular formula is C9H10NO2. The highest BCUT2D eigenvalue weighted by Gasteiger charge is 2.21. The zero-order chi connectivity index (χ0) is 9.30. The lowest BCUT2D eigenvalue weighted by atomic mass is 9.92. The fraction of sp³-hybridized carbons (Fsp3) is 0.333. The number of hydrogen-bond donors (Lipinski definition) is 0. The molecule has 0 saturated heterocycles. The van der Waals surface area contributed by atoms with E-state index < -0.39 is 0 Å². The van der Waals surface area contributed by atoms with E-state index in [9.17, 15) is 10.0 Å². The van der Waals surface area contributed by atoms with Gasteiger partial charge >= 0.3 is 0 Å². The first-order chi connectivity index (χ1) is 5.57. The standard InChI is InChI=1S/C9H10NO2/c1-5-4-6(2)8(10-12)9(11)7(5)3/h4H,1-3H3. The number of nitrogens with zero attached hydrogens (tertiary/aromatic N) is 1. The van der Waals surface area contributed by atoms with Crippen molar-refractivity contribution in [3.8, 4) is 0 Å². The Hall–Kier alpha value is -1.38. The van der Waals surface area contributed by atoms with Crippen LogP contribution in [0.3, 0.4) is 0 Å². The molecule has 63 valence electrons. The maximum Gasteiger partial charge on any atom is 0.211 e. The summed E-state index contributed by atoms with van der Waals surface area (Å²) < 4.78 is 0. The first-order valence-electron chi connectivity index (χ1n) is 3.69. The minimum absolute atomic E-state index is 0.0399. The van der Waals surface area contributed by atoms with Gasteiger partial charge < -0.3 is 0 Å². The van der Waals surface area contributed by atoms with Crippen LogP contribution in [0, 0.1) is 0 Å². The predicted molar refractivity (Wildman–Crippen MR) is 45.3 cm³/mol. The highest BCUT2D eigenvalue weighted by Crippen LogP contribution is 2.18. The van der Waals surface area contributed by atoms with Gasteiger partial charge in [0.15, 0.2) is 5.71 Å². The van der Waals surface area contributed by atoms with Crippen molar-refractivity contribution in [1.29, 1.82) is 0 Å². The Morgan fingerprint density at radius 3 is 2.33 bits per heavy atom. The predicted octanol–water partition coefficient (Wildman–Crippen LogP) is 1.64. The Morgan fingerprint density at radius 2 is 1.83 bits per heavy atom. The third kappa shape index (κ3) is 1.18. The zero-order valence-corrected chi connectivity index (χ0v) is 7.34. The van der Waals surface area contributed by atoms with Gasteiger partial charge in [-0.15, -0.1) is 5.21 Å². The molecular weight excluding hydrogens is 154 g/mol. The van der Waals surface area contributed by atoms with Crippen LogP contribution in [0.4, 0.5) is 0 Å². The van der Waals surface area contributed by atoms with E-state index in [0.717, 1.165) is 5.57 Å². The lowest BCUT2D eigenvalue weighted by Gasteiger charge is -2.11. The van der Waals surface area contributed by atoms with Crippen LogP contribution < -0.4 is 0 Å². The highest BCUT2D eigenvalue weighted by atomic mass is 16.4. The first-order valence-corrected chi connectivity index (χ1v) is 3.69. The van der Waals surface area contributed by atoms with E-state index in [4.69, 9.17) is 0 Å². The van der Waals surface area contributed by atoms with E-state index in [0.29, 0.717) is 11.1 Å². The first kappa shape index (κ1) is 8.71. The van der Waals surface area contributed by atoms with E-state index in [1.807, 2.05) is 6.92 Å². The Bertz CT molecular complexity index is 313. The molecule has 0 aromatic heterocycles. The van der Waals surface area contributed by atoms with Crippen molar-refractivity contribution in [2.45, 2.75) is 20.8 Å². The molecule has 0 saturated carbocycles. The zero-order valence-electron chi connectivity index (χ0n) is 7.34. The molecule has 3 nitrogen and oxygen atoms in total. The lowest BCUT2D eigenvalue weighted by molar-refractivity contribution is -0.109. The number of ketones is 1. The summed E-state index contributed by atoms with van der Waals surface area (Å²) in [6, 6.07) is 0. The van der Waals surface area contributed by atoms with Crippen LogP contribution in [0.15, 0.2) is 28.0 Å². The molecule has 0 aromatic rings. The number of rotatable bonds is 0. The van der Waals surface area contributed by atoms with Gasteiger partial charge in [0, 0.05) is 5.57 Å².